The number of hydrogen-bond acceptors (Lipinski definition) is 8. The zero-order valence-electron chi connectivity index (χ0n) is 15.9. The molecule has 0 atom stereocenters. The molecule has 0 fully saturated rings. The second-order valence-corrected chi connectivity index (χ2v) is 8.47. The summed E-state index contributed by atoms with van der Waals surface area (Å²) in [6.07, 6.45) is 0. The molecule has 3 aromatic rings. The van der Waals surface area contributed by atoms with E-state index in [1.54, 1.807) is 6.07 Å². The minimum absolute atomic E-state index is 0. The molecule has 30 heavy (non-hydrogen) atoms. The maximum absolute atomic E-state index is 12.5. The van der Waals surface area contributed by atoms with Crippen LogP contribution in [0.2, 0.25) is 0 Å². The van der Waals surface area contributed by atoms with E-state index in [0.717, 1.165) is 24.3 Å². The Balaban J connectivity index is 0.00000225. The summed E-state index contributed by atoms with van der Waals surface area (Å²) < 4.78 is 69.5. The molecule has 0 aliphatic rings. The third-order valence-electron chi connectivity index (χ3n) is 3.90. The summed E-state index contributed by atoms with van der Waals surface area (Å²) in [6.45, 7) is 0. The van der Waals surface area contributed by atoms with Crippen molar-refractivity contribution in [2.24, 2.45) is 0 Å². The van der Waals surface area contributed by atoms with E-state index in [-0.39, 0.29) is 81.1 Å². The Morgan fingerprint density at radius 1 is 0.833 bits per heavy atom. The third-order valence-corrected chi connectivity index (χ3v) is 5.67. The molecule has 3 rings (SSSR count). The predicted octanol–water partition coefficient (Wildman–Crippen LogP) is -4.51. The molecule has 3 N–H and O–H groups in total. The molecular formula is C17H12N2Na2O7S2. The molecule has 0 radical (unpaired) electrons. The molecule has 9 nitrogen and oxygen atoms in total. The van der Waals surface area contributed by atoms with Gasteiger partial charge in [0.1, 0.15) is 20.2 Å². The quantitative estimate of drug-likeness (QED) is 0.220. The minimum atomic E-state index is -5.04. The molecule has 13 heteroatoms. The Morgan fingerprint density at radius 3 is 2.00 bits per heavy atom. The van der Waals surface area contributed by atoms with Crippen LogP contribution >= 0.6 is 0 Å². The monoisotopic (exact) mass is 466 g/mol. The Labute approximate surface area is 217 Å². The van der Waals surface area contributed by atoms with Gasteiger partial charge >= 0.3 is 59.1 Å². The Kier molecular flexibility index (Phi) is 9.09. The molecule has 0 spiro atoms. The van der Waals surface area contributed by atoms with Crippen LogP contribution < -0.4 is 70.2 Å². The first kappa shape index (κ1) is 27.0. The molecule has 146 valence electrons. The number of hydrogen-bond donors (Lipinski definition) is 2. The Morgan fingerprint density at radius 2 is 1.43 bits per heavy atom. The molecule has 1 amide bonds. The van der Waals surface area contributed by atoms with Gasteiger partial charge in [-0.25, -0.2) is 16.8 Å². The van der Waals surface area contributed by atoms with Crippen LogP contribution in [0.15, 0.2) is 64.4 Å². The van der Waals surface area contributed by atoms with Crippen molar-refractivity contribution in [3.63, 3.8) is 0 Å². The summed E-state index contributed by atoms with van der Waals surface area (Å²) in [7, 11) is -10.0. The molecule has 3 aromatic carbocycles. The van der Waals surface area contributed by atoms with E-state index in [4.69, 9.17) is 5.73 Å². The van der Waals surface area contributed by atoms with Crippen molar-refractivity contribution < 1.29 is 89.9 Å². The number of nitrogen functional groups attached to an aromatic ring is 1. The molecule has 0 heterocycles. The van der Waals surface area contributed by atoms with Gasteiger partial charge in [-0.3, -0.25) is 4.79 Å². The van der Waals surface area contributed by atoms with Crippen LogP contribution in [-0.4, -0.2) is 31.8 Å². The summed E-state index contributed by atoms with van der Waals surface area (Å²) in [5.41, 5.74) is 5.94. The van der Waals surface area contributed by atoms with Crippen LogP contribution in [0.1, 0.15) is 10.4 Å². The Hall–Kier alpha value is -0.990. The van der Waals surface area contributed by atoms with Gasteiger partial charge in [-0.15, -0.1) is 0 Å². The van der Waals surface area contributed by atoms with Gasteiger partial charge in [0.05, 0.1) is 15.5 Å². The van der Waals surface area contributed by atoms with Gasteiger partial charge in [-0.2, -0.15) is 0 Å². The fraction of sp³-hybridized carbons (Fsp3) is 0. The van der Waals surface area contributed by atoms with Crippen molar-refractivity contribution in [3.8, 4) is 0 Å². The number of nitrogens with one attached hydrogen (secondary N) is 1. The fourth-order valence-electron chi connectivity index (χ4n) is 2.75. The number of fused-ring (bicyclic) bond motifs is 1. The van der Waals surface area contributed by atoms with Crippen molar-refractivity contribution in [1.82, 2.24) is 0 Å². The fourth-order valence-corrected chi connectivity index (χ4v) is 4.14. The van der Waals surface area contributed by atoms with Crippen LogP contribution in [0.5, 0.6) is 0 Å². The smallest absolute Gasteiger partial charge is 0.744 e. The summed E-state index contributed by atoms with van der Waals surface area (Å²) >= 11 is 0. The second kappa shape index (κ2) is 10.1. The topological polar surface area (TPSA) is 170 Å². The zero-order valence-corrected chi connectivity index (χ0v) is 21.6. The van der Waals surface area contributed by atoms with E-state index >= 15 is 0 Å². The molecular weight excluding hydrogens is 454 g/mol. The molecule has 0 bridgehead atoms. The summed E-state index contributed by atoms with van der Waals surface area (Å²) in [6, 6.07) is 11.2. The zero-order chi connectivity index (χ0) is 20.7. The Bertz CT molecular complexity index is 1330. The van der Waals surface area contributed by atoms with Crippen molar-refractivity contribution in [1.29, 1.82) is 0 Å². The van der Waals surface area contributed by atoms with Crippen molar-refractivity contribution in [2.75, 3.05) is 11.1 Å². The van der Waals surface area contributed by atoms with Gasteiger partial charge in [0.15, 0.2) is 0 Å². The largest absolute Gasteiger partial charge is 1.00 e. The van der Waals surface area contributed by atoms with Crippen LogP contribution in [-0.2, 0) is 20.2 Å². The number of anilines is 2. The molecule has 0 saturated carbocycles. The SMILES string of the molecule is Nc1cccc(C(=O)Nc2ccc(S(=O)(=O)[O-])c3cccc(S(=O)(=O)[O-])c23)c1.[Na+].[Na+]. The minimum Gasteiger partial charge on any atom is -0.744 e. The predicted molar refractivity (Wildman–Crippen MR) is 98.7 cm³/mol. The van der Waals surface area contributed by atoms with Gasteiger partial charge in [0.25, 0.3) is 5.91 Å². The number of amides is 1. The third kappa shape index (κ3) is 5.82. The summed E-state index contributed by atoms with van der Waals surface area (Å²) in [5.74, 6) is -0.676. The molecule has 0 aromatic heterocycles. The number of rotatable bonds is 4. The van der Waals surface area contributed by atoms with Gasteiger partial charge in [0, 0.05) is 22.0 Å². The molecule has 0 saturated heterocycles. The van der Waals surface area contributed by atoms with Crippen LogP contribution in [0.3, 0.4) is 0 Å². The average molecular weight is 466 g/mol. The molecule has 0 aliphatic heterocycles. The summed E-state index contributed by atoms with van der Waals surface area (Å²) in [4.78, 5) is 11.0. The van der Waals surface area contributed by atoms with Crippen LogP contribution in [0.4, 0.5) is 11.4 Å². The van der Waals surface area contributed by atoms with E-state index in [2.05, 4.69) is 5.32 Å². The normalized spacial score (nSPS) is 11.3. The first-order valence-corrected chi connectivity index (χ1v) is 10.4. The van der Waals surface area contributed by atoms with Crippen molar-refractivity contribution in [2.45, 2.75) is 9.79 Å². The summed E-state index contributed by atoms with van der Waals surface area (Å²) in [5, 5.41) is 1.76. The van der Waals surface area contributed by atoms with E-state index < -0.39 is 35.9 Å². The first-order chi connectivity index (χ1) is 13.0. The van der Waals surface area contributed by atoms with Gasteiger partial charge in [0.2, 0.25) is 0 Å². The number of nitrogens with two attached hydrogens (primary N) is 1. The van der Waals surface area contributed by atoms with Crippen molar-refractivity contribution >= 4 is 48.3 Å². The number of benzene rings is 3. The van der Waals surface area contributed by atoms with Gasteiger partial charge < -0.3 is 20.2 Å². The first-order valence-electron chi connectivity index (χ1n) is 7.63. The van der Waals surface area contributed by atoms with Gasteiger partial charge in [-0.1, -0.05) is 18.2 Å². The second-order valence-electron chi connectivity index (χ2n) is 5.78. The van der Waals surface area contributed by atoms with Crippen LogP contribution in [0, 0.1) is 0 Å². The van der Waals surface area contributed by atoms with E-state index in [0.29, 0.717) is 5.69 Å². The average Bonchev–Trinajstić information content (AvgIpc) is 2.59. The van der Waals surface area contributed by atoms with E-state index in [9.17, 15) is 30.7 Å². The number of carbonyl (C=O) groups is 1. The maximum atomic E-state index is 12.5. The number of carbonyl (C=O) groups excluding carboxylic acids is 1. The standard InChI is InChI=1S/C17H14N2O7S2.2Na/c18-11-4-1-3-10(9-11)17(20)19-13-7-8-14(27(21,22)23)12-5-2-6-15(16(12)13)28(24,25)26;;/h1-9H,18H2,(H,19,20)(H,21,22,23)(H,24,25,26);;/q;2*+1/p-2. The van der Waals surface area contributed by atoms with Crippen molar-refractivity contribution in [3.05, 3.63) is 60.2 Å². The van der Waals surface area contributed by atoms with Gasteiger partial charge in [-0.05, 0) is 36.4 Å². The van der Waals surface area contributed by atoms with E-state index in [1.807, 2.05) is 0 Å². The van der Waals surface area contributed by atoms with E-state index in [1.165, 1.54) is 24.3 Å². The van der Waals surface area contributed by atoms with Crippen LogP contribution in [0.25, 0.3) is 10.8 Å². The molecule has 0 aliphatic carbocycles. The molecule has 0 unspecified atom stereocenters. The maximum Gasteiger partial charge on any atom is 1.00 e.